The van der Waals surface area contributed by atoms with Crippen LogP contribution in [0.1, 0.15) is 47.5 Å². The summed E-state index contributed by atoms with van der Waals surface area (Å²) in [5.41, 5.74) is 0. The predicted molar refractivity (Wildman–Crippen MR) is 76.1 cm³/mol. The molecule has 0 unspecified atom stereocenters. The van der Waals surface area contributed by atoms with Crippen LogP contribution in [0.15, 0.2) is 0 Å². The van der Waals surface area contributed by atoms with Crippen molar-refractivity contribution in [3.8, 4) is 0 Å². The first-order valence-corrected chi connectivity index (χ1v) is 7.89. The third kappa shape index (κ3) is 7.26. The number of hydrogen-bond acceptors (Lipinski definition) is 2. The van der Waals surface area contributed by atoms with Gasteiger partial charge in [-0.2, -0.15) is 13.2 Å². The highest BCUT2D eigenvalue weighted by Gasteiger charge is 2.49. The van der Waals surface area contributed by atoms with E-state index in [-0.39, 0.29) is 12.3 Å². The summed E-state index contributed by atoms with van der Waals surface area (Å²) in [6, 6.07) is -2.33. The highest BCUT2D eigenvalue weighted by Crippen LogP contribution is 2.30. The monoisotopic (exact) mass is 331 g/mol. The number of carboxylic acid groups (broad SMARTS) is 1. The molecule has 21 heavy (non-hydrogen) atoms. The first-order chi connectivity index (χ1) is 9.26. The van der Waals surface area contributed by atoms with Crippen molar-refractivity contribution in [3.05, 3.63) is 0 Å². The van der Waals surface area contributed by atoms with Crippen LogP contribution in [0.2, 0.25) is 0 Å². The van der Waals surface area contributed by atoms with Gasteiger partial charge < -0.3 is 5.11 Å². The van der Waals surface area contributed by atoms with Crippen LogP contribution in [0.25, 0.3) is 0 Å². The molecule has 0 aromatic rings. The minimum absolute atomic E-state index is 0.0915. The van der Waals surface area contributed by atoms with Gasteiger partial charge in [0, 0.05) is 0 Å². The highest BCUT2D eigenvalue weighted by atomic mass is 32.2. The Morgan fingerprint density at radius 2 is 1.67 bits per heavy atom. The smallest absolute Gasteiger partial charge is 0.405 e. The Morgan fingerprint density at radius 1 is 1.19 bits per heavy atom. The van der Waals surface area contributed by atoms with Crippen molar-refractivity contribution in [2.45, 2.75) is 64.4 Å². The van der Waals surface area contributed by atoms with Crippen LogP contribution in [0.3, 0.4) is 0 Å². The van der Waals surface area contributed by atoms with Crippen LogP contribution in [0.4, 0.5) is 13.2 Å². The van der Waals surface area contributed by atoms with Crippen LogP contribution in [0, 0.1) is 11.8 Å². The van der Waals surface area contributed by atoms with Crippen LogP contribution in [-0.4, -0.2) is 32.2 Å². The summed E-state index contributed by atoms with van der Waals surface area (Å²) in [5.74, 6) is -3.09. The third-order valence-electron chi connectivity index (χ3n) is 2.92. The molecule has 0 aliphatic heterocycles. The van der Waals surface area contributed by atoms with E-state index in [9.17, 15) is 22.2 Å². The van der Waals surface area contributed by atoms with E-state index in [2.05, 4.69) is 0 Å². The molecular formula is C13H24F3NO3S. The van der Waals surface area contributed by atoms with Gasteiger partial charge in [-0.05, 0) is 33.1 Å². The molecule has 0 radical (unpaired) electrons. The van der Waals surface area contributed by atoms with Crippen molar-refractivity contribution < 1.29 is 27.3 Å². The molecule has 0 fully saturated rings. The second-order valence-electron chi connectivity index (χ2n) is 6.43. The van der Waals surface area contributed by atoms with Gasteiger partial charge in [0.25, 0.3) is 0 Å². The lowest BCUT2D eigenvalue weighted by atomic mass is 9.91. The molecule has 4 nitrogen and oxygen atoms in total. The lowest BCUT2D eigenvalue weighted by molar-refractivity contribution is -0.176. The number of alkyl halides is 3. The maximum Gasteiger partial charge on any atom is 0.405 e. The number of carbonyl (C=O) groups is 1. The molecule has 0 aliphatic carbocycles. The second kappa shape index (κ2) is 7.58. The molecular weight excluding hydrogens is 307 g/mol. The number of halogens is 3. The van der Waals surface area contributed by atoms with Gasteiger partial charge in [0.05, 0.1) is 21.7 Å². The summed E-state index contributed by atoms with van der Waals surface area (Å²) < 4.78 is 52.4. The molecule has 126 valence electrons. The van der Waals surface area contributed by atoms with Gasteiger partial charge in [-0.1, -0.05) is 20.3 Å². The van der Waals surface area contributed by atoms with Gasteiger partial charge in [-0.3, -0.25) is 4.79 Å². The molecule has 0 saturated carbocycles. The molecule has 0 saturated heterocycles. The zero-order valence-electron chi connectivity index (χ0n) is 13.0. The fraction of sp³-hybridized carbons (Fsp3) is 0.923. The van der Waals surface area contributed by atoms with Crippen molar-refractivity contribution in [2.75, 3.05) is 0 Å². The summed E-state index contributed by atoms with van der Waals surface area (Å²) >= 11 is 0. The number of carboxylic acids is 1. The Hall–Kier alpha value is -0.630. The zero-order chi connectivity index (χ0) is 17.0. The van der Waals surface area contributed by atoms with Gasteiger partial charge >= 0.3 is 12.1 Å². The molecule has 0 heterocycles. The summed E-state index contributed by atoms with van der Waals surface area (Å²) in [6.07, 6.45) is -4.54. The first kappa shape index (κ1) is 20.4. The molecule has 0 spiro atoms. The summed E-state index contributed by atoms with van der Waals surface area (Å²) in [6.45, 7) is 8.18. The zero-order valence-corrected chi connectivity index (χ0v) is 13.8. The summed E-state index contributed by atoms with van der Waals surface area (Å²) in [4.78, 5) is 11.2. The van der Waals surface area contributed by atoms with Gasteiger partial charge in [-0.25, -0.2) is 8.93 Å². The third-order valence-corrected chi connectivity index (χ3v) is 4.50. The van der Waals surface area contributed by atoms with Gasteiger partial charge in [-0.15, -0.1) is 0 Å². The van der Waals surface area contributed by atoms with Crippen molar-refractivity contribution in [1.29, 1.82) is 0 Å². The van der Waals surface area contributed by atoms with Crippen molar-refractivity contribution in [3.63, 3.8) is 0 Å². The van der Waals surface area contributed by atoms with E-state index in [0.29, 0.717) is 6.42 Å². The minimum atomic E-state index is -4.78. The molecule has 0 rings (SSSR count). The minimum Gasteiger partial charge on any atom is -0.481 e. The Kier molecular flexibility index (Phi) is 7.35. The Balaban J connectivity index is 5.27. The van der Waals surface area contributed by atoms with Crippen LogP contribution >= 0.6 is 0 Å². The fourth-order valence-corrected chi connectivity index (χ4v) is 2.50. The Bertz CT molecular complexity index is 378. The van der Waals surface area contributed by atoms with Crippen LogP contribution in [0.5, 0.6) is 0 Å². The van der Waals surface area contributed by atoms with E-state index < -0.39 is 39.8 Å². The van der Waals surface area contributed by atoms with E-state index in [1.807, 2.05) is 18.6 Å². The van der Waals surface area contributed by atoms with E-state index in [1.165, 1.54) is 20.8 Å². The van der Waals surface area contributed by atoms with Crippen molar-refractivity contribution in [1.82, 2.24) is 4.72 Å². The SMILES string of the molecule is CC(C)CC[C@H](C(=O)O)[C@H](N[S@@](=O)C(C)(C)C)C(F)(F)F. The van der Waals surface area contributed by atoms with E-state index in [0.717, 1.165) is 0 Å². The largest absolute Gasteiger partial charge is 0.481 e. The van der Waals surface area contributed by atoms with E-state index in [1.54, 1.807) is 0 Å². The molecule has 0 amide bonds. The van der Waals surface area contributed by atoms with E-state index in [4.69, 9.17) is 5.11 Å². The molecule has 0 aromatic heterocycles. The highest BCUT2D eigenvalue weighted by molar-refractivity contribution is 7.84. The standard InChI is InChI=1S/C13H24F3NO3S/c1-8(2)6-7-9(11(18)19)10(13(14,15)16)17-21(20)12(3,4)5/h8-10,17H,6-7H2,1-5H3,(H,18,19)/t9-,10-,21-/m0/s1. The van der Waals surface area contributed by atoms with Gasteiger partial charge in [0.15, 0.2) is 0 Å². The Labute approximate surface area is 126 Å². The Morgan fingerprint density at radius 3 is 1.95 bits per heavy atom. The van der Waals surface area contributed by atoms with Crippen molar-refractivity contribution in [2.24, 2.45) is 11.8 Å². The number of hydrogen-bond donors (Lipinski definition) is 2. The fourth-order valence-electron chi connectivity index (χ4n) is 1.61. The van der Waals surface area contributed by atoms with Crippen molar-refractivity contribution >= 4 is 17.0 Å². The topological polar surface area (TPSA) is 66.4 Å². The van der Waals surface area contributed by atoms with Gasteiger partial charge in [0.2, 0.25) is 0 Å². The van der Waals surface area contributed by atoms with E-state index >= 15 is 0 Å². The van der Waals surface area contributed by atoms with Crippen LogP contribution < -0.4 is 4.72 Å². The average molecular weight is 331 g/mol. The lowest BCUT2D eigenvalue weighted by Gasteiger charge is -2.30. The summed E-state index contributed by atoms with van der Waals surface area (Å²) in [7, 11) is -2.00. The second-order valence-corrected chi connectivity index (χ2v) is 8.43. The molecule has 8 heteroatoms. The number of rotatable bonds is 7. The normalized spacial score (nSPS) is 17.6. The molecule has 0 aromatic carbocycles. The lowest BCUT2D eigenvalue weighted by Crippen LogP contribution is -2.53. The maximum atomic E-state index is 13.1. The number of nitrogens with one attached hydrogen (secondary N) is 1. The predicted octanol–water partition coefficient (Wildman–Crippen LogP) is 3.11. The maximum absolute atomic E-state index is 13.1. The summed E-state index contributed by atoms with van der Waals surface area (Å²) in [5, 5.41) is 9.10. The molecule has 0 aliphatic rings. The quantitative estimate of drug-likeness (QED) is 0.753. The van der Waals surface area contributed by atoms with Gasteiger partial charge in [0.1, 0.15) is 6.04 Å². The molecule has 3 atom stereocenters. The first-order valence-electron chi connectivity index (χ1n) is 6.74. The molecule has 2 N–H and O–H groups in total. The molecule has 0 bridgehead atoms. The average Bonchev–Trinajstić information content (AvgIpc) is 2.23. The van der Waals surface area contributed by atoms with Crippen LogP contribution in [-0.2, 0) is 15.8 Å². The number of aliphatic carboxylic acids is 1.